The molecule has 0 aliphatic carbocycles. The Morgan fingerprint density at radius 1 is 0.912 bits per heavy atom. The summed E-state index contributed by atoms with van der Waals surface area (Å²) in [5.41, 5.74) is 4.72. The van der Waals surface area contributed by atoms with Gasteiger partial charge in [-0.1, -0.05) is 48.0 Å². The van der Waals surface area contributed by atoms with Gasteiger partial charge in [-0.05, 0) is 94.8 Å². The normalized spacial score (nSPS) is 15.8. The molecule has 5 heterocycles. The van der Waals surface area contributed by atoms with E-state index >= 15 is 0 Å². The number of carbonyl (C=O) groups is 1. The zero-order valence-corrected chi connectivity index (χ0v) is 39.2. The van der Waals surface area contributed by atoms with Gasteiger partial charge in [0.1, 0.15) is 28.5 Å². The lowest BCUT2D eigenvalue weighted by molar-refractivity contribution is -0.141. The van der Waals surface area contributed by atoms with Crippen LogP contribution in [-0.4, -0.2) is 81.4 Å². The fraction of sp³-hybridized carbons (Fsp3) is 0.354. The van der Waals surface area contributed by atoms with E-state index in [0.29, 0.717) is 47.9 Å². The molecule has 3 aromatic carbocycles. The zero-order valence-electron chi connectivity index (χ0n) is 38.4. The number of allylic oxidation sites excluding steroid dienone is 3. The van der Waals surface area contributed by atoms with Crippen LogP contribution in [-0.2, 0) is 28.7 Å². The molecule has 362 valence electrons. The van der Waals surface area contributed by atoms with Gasteiger partial charge in [-0.15, -0.1) is 0 Å². The monoisotopic (exact) mass is 967 g/mol. The molecular weight excluding hydrogens is 916 g/mol. The van der Waals surface area contributed by atoms with E-state index in [0.717, 1.165) is 46.0 Å². The minimum absolute atomic E-state index is 0.104. The van der Waals surface area contributed by atoms with Crippen LogP contribution in [0.25, 0.3) is 27.9 Å². The second-order valence-electron chi connectivity index (χ2n) is 16.9. The first kappa shape index (κ1) is 51.1. The molecule has 1 atom stereocenters. The molecule has 13 nitrogen and oxygen atoms in total. The molecule has 2 aliphatic rings. The summed E-state index contributed by atoms with van der Waals surface area (Å²) in [6.45, 7) is 11.3. The number of pyridine rings is 1. The number of aromatic nitrogens is 5. The lowest BCUT2D eigenvalue weighted by Gasteiger charge is -2.30. The van der Waals surface area contributed by atoms with Crippen molar-refractivity contribution in [2.75, 3.05) is 37.6 Å². The van der Waals surface area contributed by atoms with Crippen molar-refractivity contribution in [1.82, 2.24) is 24.5 Å². The fourth-order valence-corrected chi connectivity index (χ4v) is 7.22. The van der Waals surface area contributed by atoms with Gasteiger partial charge in [0.05, 0.1) is 57.6 Å². The van der Waals surface area contributed by atoms with Gasteiger partial charge < -0.3 is 30.2 Å². The van der Waals surface area contributed by atoms with Crippen molar-refractivity contribution in [2.24, 2.45) is 10.7 Å². The van der Waals surface area contributed by atoms with E-state index in [-0.39, 0.29) is 29.0 Å². The van der Waals surface area contributed by atoms with Gasteiger partial charge in [0.25, 0.3) is 5.91 Å². The van der Waals surface area contributed by atoms with Crippen LogP contribution < -0.4 is 31.3 Å². The standard InChI is InChI=1S/C20H21F3N4O3.C19H21ClF3N3O.C9H10N2/c1-12(2)30-17-10-15-13(11-27(26-15)7-8-29-3)9-16(17)25-19(28)14-5-4-6-18(24-14)20(21,22)23;1-18(2,27-3)7-9-25-12-13-10-16(14(20)11-15(13)24-25)26-8-5-4-6-17(26)19(21,22)23;1-9(10)6-7-4-2-3-5-8(7)11-9/h4-6,9-12H,7-8H2,1-3H3,(H,25,28);4-6,10-12H,7-9H2,1-3H3;2-6H,10H2,1H3. The number of rotatable bonds is 12. The highest BCUT2D eigenvalue weighted by Crippen LogP contribution is 2.39. The minimum Gasteiger partial charge on any atom is -0.489 e. The van der Waals surface area contributed by atoms with Crippen molar-refractivity contribution in [2.45, 2.75) is 83.8 Å². The summed E-state index contributed by atoms with van der Waals surface area (Å²) in [5, 5.41) is 15.3. The molecule has 0 spiro atoms. The number of amides is 1. The lowest BCUT2D eigenvalue weighted by atomic mass is 10.1. The third-order valence-electron chi connectivity index (χ3n) is 10.5. The average molecular weight is 968 g/mol. The van der Waals surface area contributed by atoms with E-state index in [1.807, 2.05) is 71.2 Å². The first-order valence-corrected chi connectivity index (χ1v) is 21.8. The maximum absolute atomic E-state index is 13.4. The Balaban J connectivity index is 0.000000184. The molecular formula is C48H52ClF6N9O4. The maximum Gasteiger partial charge on any atom is 0.433 e. The number of hydrogen-bond acceptors (Lipinski definition) is 10. The topological polar surface area (TPSA) is 147 Å². The first-order valence-electron chi connectivity index (χ1n) is 21.4. The number of carbonyl (C=O) groups excluding carboxylic acids is 1. The number of aryl methyl sites for hydroxylation is 1. The number of nitrogens with one attached hydrogen (secondary N) is 1. The molecule has 3 aromatic heterocycles. The number of halogens is 7. The molecule has 0 saturated carbocycles. The Bertz CT molecular complexity index is 2910. The molecule has 1 unspecified atom stereocenters. The van der Waals surface area contributed by atoms with E-state index in [1.54, 1.807) is 60.1 Å². The summed E-state index contributed by atoms with van der Waals surface area (Å²) >= 11 is 6.30. The van der Waals surface area contributed by atoms with E-state index in [1.165, 1.54) is 17.0 Å². The second-order valence-corrected chi connectivity index (χ2v) is 17.3. The molecule has 0 bridgehead atoms. The Morgan fingerprint density at radius 3 is 2.24 bits per heavy atom. The number of nitrogens with zero attached hydrogens (tertiary/aromatic N) is 7. The Hall–Kier alpha value is -6.28. The summed E-state index contributed by atoms with van der Waals surface area (Å²) < 4.78 is 98.5. The summed E-state index contributed by atoms with van der Waals surface area (Å²) in [5.74, 6) is -0.421. The molecule has 1 amide bonds. The number of para-hydroxylation sites is 1. The van der Waals surface area contributed by atoms with Gasteiger partial charge >= 0.3 is 12.4 Å². The summed E-state index contributed by atoms with van der Waals surface area (Å²) in [6, 6.07) is 17.7. The third kappa shape index (κ3) is 13.2. The van der Waals surface area contributed by atoms with E-state index in [4.69, 9.17) is 31.5 Å². The number of alkyl halides is 6. The molecule has 8 rings (SSSR count). The molecule has 20 heteroatoms. The highest BCUT2D eigenvalue weighted by molar-refractivity contribution is 6.34. The number of benzene rings is 3. The zero-order chi connectivity index (χ0) is 49.6. The van der Waals surface area contributed by atoms with Crippen molar-refractivity contribution in [3.05, 3.63) is 130 Å². The molecule has 0 radical (unpaired) electrons. The number of ether oxygens (including phenoxy) is 3. The third-order valence-corrected chi connectivity index (χ3v) is 10.8. The number of fused-ring (bicyclic) bond motifs is 3. The van der Waals surface area contributed by atoms with Crippen LogP contribution in [0.15, 0.2) is 108 Å². The van der Waals surface area contributed by atoms with Crippen LogP contribution in [0.3, 0.4) is 0 Å². The molecule has 0 saturated heterocycles. The second kappa shape index (κ2) is 20.9. The summed E-state index contributed by atoms with van der Waals surface area (Å²) in [6.07, 6.45) is 1.15. The Kier molecular flexibility index (Phi) is 15.7. The van der Waals surface area contributed by atoms with Gasteiger partial charge in [0.2, 0.25) is 0 Å². The number of methoxy groups -OCH3 is 2. The highest BCUT2D eigenvalue weighted by atomic mass is 35.5. The first-order chi connectivity index (χ1) is 31.9. The largest absolute Gasteiger partial charge is 0.489 e. The average Bonchev–Trinajstić information content (AvgIpc) is 3.97. The highest BCUT2D eigenvalue weighted by Gasteiger charge is 2.39. The number of hydrogen-bond donors (Lipinski definition) is 2. The lowest BCUT2D eigenvalue weighted by Crippen LogP contribution is -2.33. The van der Waals surface area contributed by atoms with Crippen LogP contribution in [0.4, 0.5) is 37.7 Å². The van der Waals surface area contributed by atoms with Crippen LogP contribution >= 0.6 is 11.6 Å². The molecule has 0 fully saturated rings. The van der Waals surface area contributed by atoms with Crippen molar-refractivity contribution >= 4 is 56.8 Å². The molecule has 68 heavy (non-hydrogen) atoms. The van der Waals surface area contributed by atoms with E-state index < -0.39 is 35.3 Å². The van der Waals surface area contributed by atoms with Gasteiger partial charge in [-0.2, -0.15) is 36.5 Å². The van der Waals surface area contributed by atoms with Crippen molar-refractivity contribution in [3.8, 4) is 5.75 Å². The Labute approximate surface area is 393 Å². The van der Waals surface area contributed by atoms with Gasteiger partial charge in [-0.3, -0.25) is 19.2 Å². The fourth-order valence-electron chi connectivity index (χ4n) is 6.96. The maximum atomic E-state index is 13.4. The number of anilines is 2. The molecule has 2 aliphatic heterocycles. The molecule has 6 aromatic rings. The Morgan fingerprint density at radius 2 is 1.59 bits per heavy atom. The predicted molar refractivity (Wildman–Crippen MR) is 250 cm³/mol. The minimum atomic E-state index is -4.64. The van der Waals surface area contributed by atoms with Gasteiger partial charge in [0.15, 0.2) is 0 Å². The van der Waals surface area contributed by atoms with Gasteiger partial charge in [-0.25, -0.2) is 4.98 Å². The van der Waals surface area contributed by atoms with Crippen molar-refractivity contribution in [3.63, 3.8) is 0 Å². The predicted octanol–water partition coefficient (Wildman–Crippen LogP) is 9.24. The summed E-state index contributed by atoms with van der Waals surface area (Å²) in [7, 11) is 3.25. The SMILES string of the molecule is CC1(N)C=c2ccccc2=N1.COC(C)(C)CCn1cc2cc(N3CC=CC=C3C(F)(F)F)c(Cl)cc2n1.COCCn1cc2cc(NC(=O)c3cccc(C(F)(F)F)n3)c(OC(C)C)cc2n1. The van der Waals surface area contributed by atoms with Crippen LogP contribution in [0.2, 0.25) is 5.02 Å². The van der Waals surface area contributed by atoms with Crippen LogP contribution in [0.1, 0.15) is 57.2 Å². The van der Waals surface area contributed by atoms with Crippen molar-refractivity contribution < 1.29 is 45.3 Å². The van der Waals surface area contributed by atoms with Gasteiger partial charge in [0, 0.05) is 56.5 Å². The van der Waals surface area contributed by atoms with Crippen LogP contribution in [0, 0.1) is 0 Å². The van der Waals surface area contributed by atoms with E-state index in [2.05, 4.69) is 25.5 Å². The summed E-state index contributed by atoms with van der Waals surface area (Å²) in [4.78, 5) is 21.5. The number of nitrogens with two attached hydrogens (primary N) is 1. The smallest absolute Gasteiger partial charge is 0.433 e. The van der Waals surface area contributed by atoms with Crippen molar-refractivity contribution in [1.29, 1.82) is 0 Å². The van der Waals surface area contributed by atoms with Crippen LogP contribution in [0.5, 0.6) is 5.75 Å². The van der Waals surface area contributed by atoms with E-state index in [9.17, 15) is 31.1 Å². The molecule has 3 N–H and O–H groups in total. The quantitative estimate of drug-likeness (QED) is 0.115.